The van der Waals surface area contributed by atoms with E-state index >= 15 is 0 Å². The van der Waals surface area contributed by atoms with Crippen molar-refractivity contribution in [2.75, 3.05) is 18.5 Å². The molecular formula is C16H23N3O2. The Kier molecular flexibility index (Phi) is 6.87. The van der Waals surface area contributed by atoms with Crippen LogP contribution in [0.3, 0.4) is 0 Å². The zero-order chi connectivity index (χ0) is 15.7. The summed E-state index contributed by atoms with van der Waals surface area (Å²) in [6, 6.07) is 7.98. The predicted molar refractivity (Wildman–Crippen MR) is 85.5 cm³/mol. The molecule has 0 atom stereocenters. The van der Waals surface area contributed by atoms with E-state index in [4.69, 9.17) is 4.74 Å². The Bertz CT molecular complexity index is 512. The fourth-order valence-corrected chi connectivity index (χ4v) is 1.67. The van der Waals surface area contributed by atoms with Gasteiger partial charge in [-0.3, -0.25) is 4.79 Å². The maximum atomic E-state index is 11.2. The number of nitrogens with one attached hydrogen (secondary N) is 3. The molecule has 0 spiro atoms. The Balaban J connectivity index is 2.39. The Hall–Kier alpha value is -2.43. The van der Waals surface area contributed by atoms with Gasteiger partial charge in [-0.2, -0.15) is 0 Å². The first-order valence-electron chi connectivity index (χ1n) is 6.85. The van der Waals surface area contributed by atoms with Gasteiger partial charge >= 0.3 is 5.97 Å². The molecule has 5 heteroatoms. The van der Waals surface area contributed by atoms with Crippen LogP contribution in [0.1, 0.15) is 19.4 Å². The van der Waals surface area contributed by atoms with Gasteiger partial charge in [-0.1, -0.05) is 25.3 Å². The number of allylic oxidation sites excluding steroid dienone is 1. The molecule has 114 valence electrons. The van der Waals surface area contributed by atoms with E-state index < -0.39 is 0 Å². The average molecular weight is 289 g/mol. The molecule has 0 fully saturated rings. The van der Waals surface area contributed by atoms with Crippen LogP contribution < -0.4 is 16.0 Å². The van der Waals surface area contributed by atoms with Gasteiger partial charge in [0.2, 0.25) is 0 Å². The smallest absolute Gasteiger partial charge is 0.325 e. The second-order valence-corrected chi connectivity index (χ2v) is 4.60. The molecule has 0 radical (unpaired) electrons. The van der Waals surface area contributed by atoms with Crippen LogP contribution in [-0.2, 0) is 16.1 Å². The van der Waals surface area contributed by atoms with Gasteiger partial charge in [0, 0.05) is 17.9 Å². The van der Waals surface area contributed by atoms with Gasteiger partial charge in [0.1, 0.15) is 6.54 Å². The highest BCUT2D eigenvalue weighted by atomic mass is 16.5. The van der Waals surface area contributed by atoms with Gasteiger partial charge in [0.05, 0.1) is 12.4 Å². The molecule has 3 N–H and O–H groups in total. The van der Waals surface area contributed by atoms with E-state index in [2.05, 4.69) is 29.1 Å². The lowest BCUT2D eigenvalue weighted by Crippen LogP contribution is -2.30. The summed E-state index contributed by atoms with van der Waals surface area (Å²) in [4.78, 5) is 11.2. The summed E-state index contributed by atoms with van der Waals surface area (Å²) in [6.07, 6.45) is 0. The summed E-state index contributed by atoms with van der Waals surface area (Å²) < 4.78 is 4.82. The minimum absolute atomic E-state index is 0.108. The first-order chi connectivity index (χ1) is 10.0. The quantitative estimate of drug-likeness (QED) is 0.609. The third-order valence-corrected chi connectivity index (χ3v) is 2.54. The van der Waals surface area contributed by atoms with Crippen LogP contribution in [0.5, 0.6) is 0 Å². The lowest BCUT2D eigenvalue weighted by molar-refractivity contribution is -0.141. The van der Waals surface area contributed by atoms with Gasteiger partial charge in [-0.15, -0.1) is 0 Å². The molecule has 0 unspecified atom stereocenters. The minimum Gasteiger partial charge on any atom is -0.465 e. The van der Waals surface area contributed by atoms with Crippen LogP contribution in [0.2, 0.25) is 0 Å². The van der Waals surface area contributed by atoms with Crippen molar-refractivity contribution in [1.82, 2.24) is 10.6 Å². The molecule has 5 nitrogen and oxygen atoms in total. The van der Waals surface area contributed by atoms with Crippen molar-refractivity contribution in [1.29, 1.82) is 0 Å². The summed E-state index contributed by atoms with van der Waals surface area (Å²) in [5, 5.41) is 9.15. The molecule has 0 saturated heterocycles. The van der Waals surface area contributed by atoms with Crippen molar-refractivity contribution in [3.05, 3.63) is 54.5 Å². The van der Waals surface area contributed by atoms with Crippen LogP contribution in [0.4, 0.5) is 5.69 Å². The Morgan fingerprint density at radius 1 is 1.29 bits per heavy atom. The number of ether oxygens (including phenoxy) is 1. The van der Waals surface area contributed by atoms with Crippen molar-refractivity contribution in [2.45, 2.75) is 20.4 Å². The third kappa shape index (κ3) is 7.06. The van der Waals surface area contributed by atoms with Crippen LogP contribution in [0, 0.1) is 0 Å². The number of rotatable bonds is 9. The van der Waals surface area contributed by atoms with Gasteiger partial charge in [-0.05, 0) is 31.5 Å². The van der Waals surface area contributed by atoms with Crippen LogP contribution >= 0.6 is 0 Å². The number of anilines is 1. The highest BCUT2D eigenvalue weighted by Crippen LogP contribution is 2.12. The largest absolute Gasteiger partial charge is 0.465 e. The topological polar surface area (TPSA) is 62.4 Å². The molecule has 0 aliphatic heterocycles. The van der Waals surface area contributed by atoms with Crippen molar-refractivity contribution < 1.29 is 9.53 Å². The predicted octanol–water partition coefficient (Wildman–Crippen LogP) is 2.35. The molecule has 1 aromatic rings. The van der Waals surface area contributed by atoms with Gasteiger partial charge in [0.15, 0.2) is 0 Å². The highest BCUT2D eigenvalue weighted by Gasteiger charge is 2.02. The number of benzene rings is 1. The average Bonchev–Trinajstić information content (AvgIpc) is 2.43. The van der Waals surface area contributed by atoms with Gasteiger partial charge in [0.25, 0.3) is 0 Å². The number of hydrogen-bond acceptors (Lipinski definition) is 5. The van der Waals surface area contributed by atoms with Crippen molar-refractivity contribution >= 4 is 11.7 Å². The maximum absolute atomic E-state index is 11.2. The van der Waals surface area contributed by atoms with E-state index in [9.17, 15) is 4.79 Å². The standard InChI is InChI=1S/C16H23N3O2/c1-5-21-16(20)11-18-13(4)17-10-14-7-6-8-15(9-14)19-12(2)3/h6-9,17-19H,2,4-5,10-11H2,1,3H3. The second-order valence-electron chi connectivity index (χ2n) is 4.60. The fraction of sp³-hybridized carbons (Fsp3) is 0.312. The SMILES string of the molecule is C=C(C)Nc1cccc(CNC(=C)NCC(=O)OCC)c1. The molecule has 0 aliphatic carbocycles. The summed E-state index contributed by atoms with van der Waals surface area (Å²) in [5.41, 5.74) is 2.98. The van der Waals surface area contributed by atoms with Gasteiger partial charge < -0.3 is 20.7 Å². The Labute approximate surface area is 126 Å². The number of esters is 1. The Morgan fingerprint density at radius 2 is 2.05 bits per heavy atom. The maximum Gasteiger partial charge on any atom is 0.325 e. The van der Waals surface area contributed by atoms with E-state index in [1.54, 1.807) is 6.92 Å². The molecule has 0 bridgehead atoms. The molecule has 0 aliphatic rings. The first kappa shape index (κ1) is 16.6. The van der Waals surface area contributed by atoms with Crippen LogP contribution in [0.25, 0.3) is 0 Å². The molecule has 0 heterocycles. The van der Waals surface area contributed by atoms with Crippen molar-refractivity contribution in [3.8, 4) is 0 Å². The number of carbonyl (C=O) groups excluding carboxylic acids is 1. The van der Waals surface area contributed by atoms with E-state index in [1.807, 2.05) is 31.2 Å². The van der Waals surface area contributed by atoms with E-state index in [1.165, 1.54) is 0 Å². The van der Waals surface area contributed by atoms with Crippen molar-refractivity contribution in [3.63, 3.8) is 0 Å². The summed E-state index contributed by atoms with van der Waals surface area (Å²) in [5.74, 6) is 0.287. The molecule has 1 aromatic carbocycles. The monoisotopic (exact) mass is 289 g/mol. The third-order valence-electron chi connectivity index (χ3n) is 2.54. The summed E-state index contributed by atoms with van der Waals surface area (Å²) in [7, 11) is 0. The molecule has 21 heavy (non-hydrogen) atoms. The molecular weight excluding hydrogens is 266 g/mol. The van der Waals surface area contributed by atoms with Gasteiger partial charge in [-0.25, -0.2) is 0 Å². The van der Waals surface area contributed by atoms with E-state index in [0.29, 0.717) is 19.0 Å². The summed E-state index contributed by atoms with van der Waals surface area (Å²) in [6.45, 7) is 12.4. The van der Waals surface area contributed by atoms with Crippen molar-refractivity contribution in [2.24, 2.45) is 0 Å². The van der Waals surface area contributed by atoms with E-state index in [-0.39, 0.29) is 12.5 Å². The number of carbonyl (C=O) groups is 1. The van der Waals surface area contributed by atoms with Crippen LogP contribution in [0.15, 0.2) is 48.9 Å². The first-order valence-corrected chi connectivity index (χ1v) is 6.85. The second kappa shape index (κ2) is 8.68. The zero-order valence-corrected chi connectivity index (χ0v) is 12.7. The molecule has 0 amide bonds. The van der Waals surface area contributed by atoms with Crippen LogP contribution in [-0.4, -0.2) is 19.1 Å². The number of hydrogen-bond donors (Lipinski definition) is 3. The minimum atomic E-state index is -0.298. The lowest BCUT2D eigenvalue weighted by atomic mass is 10.2. The normalized spacial score (nSPS) is 9.62. The molecule has 0 saturated carbocycles. The highest BCUT2D eigenvalue weighted by molar-refractivity contribution is 5.71. The fourth-order valence-electron chi connectivity index (χ4n) is 1.67. The molecule has 1 rings (SSSR count). The van der Waals surface area contributed by atoms with E-state index in [0.717, 1.165) is 16.9 Å². The Morgan fingerprint density at radius 3 is 2.71 bits per heavy atom. The molecule has 0 aromatic heterocycles. The lowest BCUT2D eigenvalue weighted by Gasteiger charge is -2.13. The summed E-state index contributed by atoms with van der Waals surface area (Å²) >= 11 is 0. The zero-order valence-electron chi connectivity index (χ0n) is 12.7.